The summed E-state index contributed by atoms with van der Waals surface area (Å²) in [5.74, 6) is 1.65. The van der Waals surface area contributed by atoms with Crippen LogP contribution < -0.4 is 0 Å². The van der Waals surface area contributed by atoms with Gasteiger partial charge in [0, 0.05) is 0 Å². The molecule has 0 spiro atoms. The summed E-state index contributed by atoms with van der Waals surface area (Å²) in [5, 5.41) is -0.779. The van der Waals surface area contributed by atoms with Gasteiger partial charge in [-0.2, -0.15) is 8.42 Å². The van der Waals surface area contributed by atoms with E-state index in [9.17, 15) is 13.0 Å². The van der Waals surface area contributed by atoms with Gasteiger partial charge < -0.3 is 0 Å². The van der Waals surface area contributed by atoms with Gasteiger partial charge in [0.2, 0.25) is 0 Å². The minimum atomic E-state index is -4.04. The maximum atomic E-state index is 11.7. The molecule has 1 aliphatic rings. The summed E-state index contributed by atoms with van der Waals surface area (Å²) in [6.45, 7) is 2.26. The molecule has 2 rings (SSSR count). The van der Waals surface area contributed by atoms with E-state index in [2.05, 4.69) is 6.92 Å². The van der Waals surface area contributed by atoms with Crippen LogP contribution in [0.5, 0.6) is 0 Å². The Morgan fingerprint density at radius 2 is 1.52 bits per heavy atom. The van der Waals surface area contributed by atoms with E-state index in [1.54, 1.807) is 12.1 Å². The van der Waals surface area contributed by atoms with Crippen molar-refractivity contribution in [2.24, 2.45) is 11.8 Å². The van der Waals surface area contributed by atoms with E-state index in [-0.39, 0.29) is 0 Å². The maximum absolute atomic E-state index is 11.7. The Balaban J connectivity index is 1.74. The van der Waals surface area contributed by atoms with Gasteiger partial charge in [0.15, 0.2) is 0 Å². The Labute approximate surface area is 154 Å². The second-order valence-corrected chi connectivity index (χ2v) is 9.33. The first-order valence-electron chi connectivity index (χ1n) is 10.0. The fourth-order valence-corrected chi connectivity index (χ4v) is 5.20. The molecule has 1 unspecified atom stereocenters. The van der Waals surface area contributed by atoms with Gasteiger partial charge in [-0.15, -0.1) is 0 Å². The maximum Gasteiger partial charge on any atom is 0.271 e. The molecule has 0 aromatic heterocycles. The Morgan fingerprint density at radius 1 is 0.960 bits per heavy atom. The fourth-order valence-electron chi connectivity index (χ4n) is 4.24. The number of benzene rings is 1. The van der Waals surface area contributed by atoms with E-state index < -0.39 is 15.4 Å². The molecular formula is C21H34O3S. The predicted molar refractivity (Wildman–Crippen MR) is 104 cm³/mol. The van der Waals surface area contributed by atoms with Crippen LogP contribution in [-0.2, 0) is 10.1 Å². The van der Waals surface area contributed by atoms with Gasteiger partial charge in [0.25, 0.3) is 10.1 Å². The Morgan fingerprint density at radius 3 is 2.04 bits per heavy atom. The first-order chi connectivity index (χ1) is 12.0. The molecule has 1 N–H and O–H groups in total. The highest BCUT2D eigenvalue weighted by molar-refractivity contribution is 7.86. The minimum absolute atomic E-state index is 0.513. The highest BCUT2D eigenvalue weighted by Gasteiger charge is 2.26. The second-order valence-electron chi connectivity index (χ2n) is 7.73. The molecule has 1 fully saturated rings. The summed E-state index contributed by atoms with van der Waals surface area (Å²) < 4.78 is 33.1. The van der Waals surface area contributed by atoms with E-state index in [1.165, 1.54) is 51.4 Å². The molecule has 0 heterocycles. The van der Waals surface area contributed by atoms with E-state index in [1.807, 2.05) is 18.2 Å². The van der Waals surface area contributed by atoms with E-state index in [0.29, 0.717) is 12.0 Å². The molecule has 1 aliphatic carbocycles. The SMILES string of the molecule is CCCCCC1CCC(CCCC(c2ccccc2)S(=O)(=O)O)CC1. The monoisotopic (exact) mass is 366 g/mol. The average Bonchev–Trinajstić information content (AvgIpc) is 2.60. The summed E-state index contributed by atoms with van der Waals surface area (Å²) in [6, 6.07) is 9.10. The van der Waals surface area contributed by atoms with Crippen molar-refractivity contribution < 1.29 is 13.0 Å². The van der Waals surface area contributed by atoms with Crippen LogP contribution in [0.2, 0.25) is 0 Å². The number of hydrogen-bond donors (Lipinski definition) is 1. The fraction of sp³-hybridized carbons (Fsp3) is 0.714. The normalized spacial score (nSPS) is 22.6. The second kappa shape index (κ2) is 10.3. The summed E-state index contributed by atoms with van der Waals surface area (Å²) >= 11 is 0. The Bertz CT molecular complexity index is 574. The van der Waals surface area contributed by atoms with Crippen LogP contribution in [0.3, 0.4) is 0 Å². The molecule has 1 saturated carbocycles. The Hall–Kier alpha value is -0.870. The summed E-state index contributed by atoms with van der Waals surface area (Å²) in [4.78, 5) is 0. The lowest BCUT2D eigenvalue weighted by molar-refractivity contribution is 0.244. The van der Waals surface area contributed by atoms with Crippen LogP contribution in [0.4, 0.5) is 0 Å². The van der Waals surface area contributed by atoms with Crippen molar-refractivity contribution in [3.63, 3.8) is 0 Å². The molecule has 1 aromatic carbocycles. The number of rotatable bonds is 10. The van der Waals surface area contributed by atoms with Crippen molar-refractivity contribution in [2.45, 2.75) is 82.8 Å². The molecule has 0 saturated heterocycles. The van der Waals surface area contributed by atoms with E-state index >= 15 is 0 Å². The minimum Gasteiger partial charge on any atom is -0.285 e. The number of hydrogen-bond acceptors (Lipinski definition) is 2. The summed E-state index contributed by atoms with van der Waals surface area (Å²) in [6.07, 6.45) is 13.1. The standard InChI is InChI=1S/C21H34O3S/c1-2-3-5-9-18-14-16-19(17-15-18)10-8-13-21(25(22,23)24)20-11-6-4-7-12-20/h4,6-7,11-12,18-19,21H,2-3,5,8-10,13-17H2,1H3,(H,22,23,24). The molecule has 25 heavy (non-hydrogen) atoms. The van der Waals surface area contributed by atoms with Crippen LogP contribution in [0.1, 0.15) is 88.4 Å². The van der Waals surface area contributed by atoms with Crippen LogP contribution in [0.25, 0.3) is 0 Å². The van der Waals surface area contributed by atoms with Crippen molar-refractivity contribution in [1.29, 1.82) is 0 Å². The molecule has 0 aliphatic heterocycles. The highest BCUT2D eigenvalue weighted by Crippen LogP contribution is 2.36. The molecular weight excluding hydrogens is 332 g/mol. The smallest absolute Gasteiger partial charge is 0.271 e. The van der Waals surface area contributed by atoms with Crippen LogP contribution in [-0.4, -0.2) is 13.0 Å². The third kappa shape index (κ3) is 7.10. The topological polar surface area (TPSA) is 54.4 Å². The van der Waals surface area contributed by atoms with E-state index in [4.69, 9.17) is 0 Å². The number of unbranched alkanes of at least 4 members (excludes halogenated alkanes) is 2. The molecule has 1 aromatic rings. The zero-order valence-corrected chi connectivity index (χ0v) is 16.4. The summed E-state index contributed by atoms with van der Waals surface area (Å²) in [5.41, 5.74) is 0.699. The lowest BCUT2D eigenvalue weighted by Gasteiger charge is -2.29. The van der Waals surface area contributed by atoms with Crippen molar-refractivity contribution in [2.75, 3.05) is 0 Å². The molecule has 142 valence electrons. The van der Waals surface area contributed by atoms with Gasteiger partial charge in [-0.3, -0.25) is 4.55 Å². The molecule has 4 heteroatoms. The summed E-state index contributed by atoms with van der Waals surface area (Å²) in [7, 11) is -4.04. The van der Waals surface area contributed by atoms with Gasteiger partial charge in [-0.05, 0) is 23.8 Å². The largest absolute Gasteiger partial charge is 0.285 e. The van der Waals surface area contributed by atoms with Crippen molar-refractivity contribution in [3.8, 4) is 0 Å². The highest BCUT2D eigenvalue weighted by atomic mass is 32.2. The van der Waals surface area contributed by atoms with Crippen molar-refractivity contribution in [1.82, 2.24) is 0 Å². The van der Waals surface area contributed by atoms with Crippen molar-refractivity contribution in [3.05, 3.63) is 35.9 Å². The van der Waals surface area contributed by atoms with Crippen LogP contribution in [0, 0.1) is 11.8 Å². The first kappa shape index (κ1) is 20.4. The lowest BCUT2D eigenvalue weighted by atomic mass is 9.78. The predicted octanol–water partition coefficient (Wildman–Crippen LogP) is 6.17. The third-order valence-corrected chi connectivity index (χ3v) is 7.02. The molecule has 3 nitrogen and oxygen atoms in total. The average molecular weight is 367 g/mol. The zero-order valence-electron chi connectivity index (χ0n) is 15.6. The van der Waals surface area contributed by atoms with Crippen LogP contribution in [0.15, 0.2) is 30.3 Å². The quantitative estimate of drug-likeness (QED) is 0.398. The van der Waals surface area contributed by atoms with Gasteiger partial charge in [0.1, 0.15) is 5.25 Å². The molecule has 1 atom stereocenters. The Kier molecular flexibility index (Phi) is 8.44. The van der Waals surface area contributed by atoms with Crippen LogP contribution >= 0.6 is 0 Å². The van der Waals surface area contributed by atoms with Gasteiger partial charge in [0.05, 0.1) is 0 Å². The van der Waals surface area contributed by atoms with Gasteiger partial charge >= 0.3 is 0 Å². The molecule has 0 bridgehead atoms. The lowest BCUT2D eigenvalue weighted by Crippen LogP contribution is -2.16. The first-order valence-corrected chi connectivity index (χ1v) is 11.5. The molecule has 0 radical (unpaired) electrons. The van der Waals surface area contributed by atoms with Gasteiger partial charge in [-0.25, -0.2) is 0 Å². The van der Waals surface area contributed by atoms with Crippen molar-refractivity contribution >= 4 is 10.1 Å². The zero-order chi connectivity index (χ0) is 18.1. The van der Waals surface area contributed by atoms with E-state index in [0.717, 1.165) is 24.7 Å². The molecule has 0 amide bonds. The van der Waals surface area contributed by atoms with Gasteiger partial charge in [-0.1, -0.05) is 101 Å². The third-order valence-electron chi connectivity index (χ3n) is 5.79.